The van der Waals surface area contributed by atoms with Crippen molar-refractivity contribution in [3.8, 4) is 0 Å². The summed E-state index contributed by atoms with van der Waals surface area (Å²) in [6.45, 7) is 0.759. The highest BCUT2D eigenvalue weighted by Gasteiger charge is 2.10. The molecule has 1 aromatic carbocycles. The molecule has 0 heterocycles. The molecule has 0 aliphatic rings. The molecule has 1 amide bonds. The molecular weight excluding hydrogens is 221 g/mol. The lowest BCUT2D eigenvalue weighted by atomic mass is 10.2. The summed E-state index contributed by atoms with van der Waals surface area (Å²) in [5.41, 5.74) is 1.30. The fourth-order valence-corrected chi connectivity index (χ4v) is 1.55. The number of rotatable bonds is 5. The summed E-state index contributed by atoms with van der Waals surface area (Å²) in [6, 6.07) is 5.01. The second-order valence-corrected chi connectivity index (χ2v) is 3.85. The van der Waals surface area contributed by atoms with Crippen LogP contribution in [0.3, 0.4) is 0 Å². The Morgan fingerprint density at radius 3 is 2.65 bits per heavy atom. The maximum absolute atomic E-state index is 13.8. The van der Waals surface area contributed by atoms with E-state index in [1.807, 2.05) is 13.1 Å². The smallest absolute Gasteiger partial charge is 0.239 e. The van der Waals surface area contributed by atoms with Crippen LogP contribution in [0.2, 0.25) is 0 Å². The molecule has 0 aliphatic carbocycles. The van der Waals surface area contributed by atoms with Gasteiger partial charge in [0.1, 0.15) is 5.82 Å². The third-order valence-electron chi connectivity index (χ3n) is 2.46. The minimum Gasteiger partial charge on any atom is -0.363 e. The van der Waals surface area contributed by atoms with Crippen LogP contribution >= 0.6 is 0 Å². The first-order valence-corrected chi connectivity index (χ1v) is 5.43. The SMILES string of the molecule is CNCc1ccc(N(C)CC(=O)NC)c(F)c1. The van der Waals surface area contributed by atoms with Crippen molar-refractivity contribution in [1.29, 1.82) is 0 Å². The normalized spacial score (nSPS) is 10.1. The summed E-state index contributed by atoms with van der Waals surface area (Å²) in [4.78, 5) is 12.8. The van der Waals surface area contributed by atoms with E-state index in [0.29, 0.717) is 12.2 Å². The minimum absolute atomic E-state index is 0.138. The number of carbonyl (C=O) groups excluding carboxylic acids is 1. The van der Waals surface area contributed by atoms with Gasteiger partial charge in [-0.2, -0.15) is 0 Å². The van der Waals surface area contributed by atoms with Crippen LogP contribution in [0.25, 0.3) is 0 Å². The van der Waals surface area contributed by atoms with Crippen molar-refractivity contribution in [3.63, 3.8) is 0 Å². The third kappa shape index (κ3) is 3.71. The van der Waals surface area contributed by atoms with Crippen LogP contribution in [-0.2, 0) is 11.3 Å². The zero-order chi connectivity index (χ0) is 12.8. The number of halogens is 1. The summed E-state index contributed by atoms with van der Waals surface area (Å²) >= 11 is 0. The highest BCUT2D eigenvalue weighted by Crippen LogP contribution is 2.19. The van der Waals surface area contributed by atoms with Gasteiger partial charge >= 0.3 is 0 Å². The lowest BCUT2D eigenvalue weighted by Crippen LogP contribution is -2.33. The van der Waals surface area contributed by atoms with Crippen molar-refractivity contribution in [2.75, 3.05) is 32.6 Å². The lowest BCUT2D eigenvalue weighted by molar-refractivity contribution is -0.119. The minimum atomic E-state index is -0.316. The van der Waals surface area contributed by atoms with Crippen LogP contribution in [0, 0.1) is 5.82 Å². The van der Waals surface area contributed by atoms with Crippen molar-refractivity contribution in [2.24, 2.45) is 0 Å². The van der Waals surface area contributed by atoms with Crippen molar-refractivity contribution < 1.29 is 9.18 Å². The summed E-state index contributed by atoms with van der Waals surface area (Å²) in [5.74, 6) is -0.463. The van der Waals surface area contributed by atoms with E-state index in [4.69, 9.17) is 0 Å². The molecule has 0 radical (unpaired) electrons. The number of likely N-dealkylation sites (N-methyl/N-ethyl adjacent to an activating group) is 2. The van der Waals surface area contributed by atoms with Gasteiger partial charge in [0, 0.05) is 20.6 Å². The van der Waals surface area contributed by atoms with Gasteiger partial charge in [-0.1, -0.05) is 6.07 Å². The van der Waals surface area contributed by atoms with Crippen LogP contribution in [0.4, 0.5) is 10.1 Å². The highest BCUT2D eigenvalue weighted by atomic mass is 19.1. The third-order valence-corrected chi connectivity index (χ3v) is 2.46. The number of hydrogen-bond acceptors (Lipinski definition) is 3. The second-order valence-electron chi connectivity index (χ2n) is 3.85. The van der Waals surface area contributed by atoms with Gasteiger partial charge in [-0.05, 0) is 24.7 Å². The quantitative estimate of drug-likeness (QED) is 0.796. The van der Waals surface area contributed by atoms with E-state index in [2.05, 4.69) is 10.6 Å². The van der Waals surface area contributed by atoms with Gasteiger partial charge in [0.25, 0.3) is 0 Å². The average Bonchev–Trinajstić information content (AvgIpc) is 2.29. The monoisotopic (exact) mass is 239 g/mol. The average molecular weight is 239 g/mol. The van der Waals surface area contributed by atoms with Crippen LogP contribution in [0.1, 0.15) is 5.56 Å². The fourth-order valence-electron chi connectivity index (χ4n) is 1.55. The molecule has 0 aliphatic heterocycles. The van der Waals surface area contributed by atoms with Crippen molar-refractivity contribution in [1.82, 2.24) is 10.6 Å². The number of nitrogens with zero attached hydrogens (tertiary/aromatic N) is 1. The van der Waals surface area contributed by atoms with Gasteiger partial charge < -0.3 is 15.5 Å². The molecule has 0 spiro atoms. The maximum Gasteiger partial charge on any atom is 0.239 e. The van der Waals surface area contributed by atoms with Crippen molar-refractivity contribution in [3.05, 3.63) is 29.6 Å². The Kier molecular flexibility index (Phi) is 4.90. The number of anilines is 1. The van der Waals surface area contributed by atoms with E-state index >= 15 is 0 Å². The van der Waals surface area contributed by atoms with Crippen LogP contribution in [-0.4, -0.2) is 33.6 Å². The van der Waals surface area contributed by atoms with Gasteiger partial charge in [-0.25, -0.2) is 4.39 Å². The summed E-state index contributed by atoms with van der Waals surface area (Å²) < 4.78 is 13.8. The van der Waals surface area contributed by atoms with Gasteiger partial charge in [0.05, 0.1) is 12.2 Å². The first-order valence-electron chi connectivity index (χ1n) is 5.43. The number of carbonyl (C=O) groups is 1. The van der Waals surface area contributed by atoms with E-state index in [1.54, 1.807) is 25.1 Å². The zero-order valence-electron chi connectivity index (χ0n) is 10.4. The topological polar surface area (TPSA) is 44.4 Å². The van der Waals surface area contributed by atoms with Gasteiger partial charge in [-0.15, -0.1) is 0 Å². The van der Waals surface area contributed by atoms with E-state index in [0.717, 1.165) is 5.56 Å². The number of benzene rings is 1. The molecule has 0 saturated heterocycles. The standard InChI is InChI=1S/C12H18FN3O/c1-14-7-9-4-5-11(10(13)6-9)16(3)8-12(17)15-2/h4-6,14H,7-8H2,1-3H3,(H,15,17). The summed E-state index contributed by atoms with van der Waals surface area (Å²) in [6.07, 6.45) is 0. The molecule has 0 bridgehead atoms. The maximum atomic E-state index is 13.8. The van der Waals surface area contributed by atoms with E-state index < -0.39 is 0 Å². The van der Waals surface area contributed by atoms with Gasteiger partial charge in [0.15, 0.2) is 0 Å². The Morgan fingerprint density at radius 2 is 2.12 bits per heavy atom. The van der Waals surface area contributed by atoms with E-state index in [9.17, 15) is 9.18 Å². The molecule has 2 N–H and O–H groups in total. The molecule has 0 unspecified atom stereocenters. The number of hydrogen-bond donors (Lipinski definition) is 2. The van der Waals surface area contributed by atoms with Crippen LogP contribution < -0.4 is 15.5 Å². The Labute approximate surface area is 101 Å². The Hall–Kier alpha value is -1.62. The first kappa shape index (κ1) is 13.4. The van der Waals surface area contributed by atoms with Gasteiger partial charge in [0.2, 0.25) is 5.91 Å². The van der Waals surface area contributed by atoms with Crippen LogP contribution in [0.5, 0.6) is 0 Å². The lowest BCUT2D eigenvalue weighted by Gasteiger charge is -2.19. The Morgan fingerprint density at radius 1 is 1.41 bits per heavy atom. The second kappa shape index (κ2) is 6.20. The molecule has 0 atom stereocenters. The van der Waals surface area contributed by atoms with Crippen molar-refractivity contribution in [2.45, 2.75) is 6.54 Å². The molecule has 1 rings (SSSR count). The summed E-state index contributed by atoms with van der Waals surface area (Å²) in [5, 5.41) is 5.46. The Balaban J connectivity index is 2.80. The molecule has 0 aromatic heterocycles. The fraction of sp³-hybridized carbons (Fsp3) is 0.417. The first-order chi connectivity index (χ1) is 8.08. The molecule has 5 heteroatoms. The largest absolute Gasteiger partial charge is 0.363 e. The van der Waals surface area contributed by atoms with E-state index in [-0.39, 0.29) is 18.3 Å². The number of nitrogens with one attached hydrogen (secondary N) is 2. The molecule has 0 saturated carbocycles. The molecular formula is C12H18FN3O. The van der Waals surface area contributed by atoms with Crippen molar-refractivity contribution >= 4 is 11.6 Å². The number of amides is 1. The molecule has 17 heavy (non-hydrogen) atoms. The predicted molar refractivity (Wildman–Crippen MR) is 66.5 cm³/mol. The summed E-state index contributed by atoms with van der Waals surface area (Å²) in [7, 11) is 5.05. The van der Waals surface area contributed by atoms with Crippen LogP contribution in [0.15, 0.2) is 18.2 Å². The highest BCUT2D eigenvalue weighted by molar-refractivity contribution is 5.80. The van der Waals surface area contributed by atoms with Gasteiger partial charge in [-0.3, -0.25) is 4.79 Å². The molecule has 4 nitrogen and oxygen atoms in total. The zero-order valence-corrected chi connectivity index (χ0v) is 10.4. The molecule has 0 fully saturated rings. The predicted octanol–water partition coefficient (Wildman–Crippen LogP) is 0.727. The van der Waals surface area contributed by atoms with E-state index in [1.165, 1.54) is 6.07 Å². The molecule has 1 aromatic rings. The molecule has 94 valence electrons. The Bertz CT molecular complexity index is 395.